The van der Waals surface area contributed by atoms with Crippen molar-refractivity contribution in [2.24, 2.45) is 0 Å². The standard InChI is InChI=1S/C15H12F2N4O2S/c1-6(2)14-20-21-15(24-14)19-13(23)8-5-18-10-4-7(16)3-9(17)11(10)12(8)22/h3-6H,1-2H3,(H,18,22)(H,19,21,23). The van der Waals surface area contributed by atoms with Crippen LogP contribution in [0.15, 0.2) is 23.1 Å². The van der Waals surface area contributed by atoms with E-state index in [0.717, 1.165) is 17.3 Å². The monoisotopic (exact) mass is 350 g/mol. The van der Waals surface area contributed by atoms with Gasteiger partial charge in [-0.25, -0.2) is 8.78 Å². The maximum absolute atomic E-state index is 13.9. The summed E-state index contributed by atoms with van der Waals surface area (Å²) < 4.78 is 27.0. The fourth-order valence-corrected chi connectivity index (χ4v) is 2.86. The average molecular weight is 350 g/mol. The predicted molar refractivity (Wildman–Crippen MR) is 86.4 cm³/mol. The topological polar surface area (TPSA) is 87.7 Å². The second-order valence-electron chi connectivity index (χ2n) is 5.40. The fraction of sp³-hybridized carbons (Fsp3) is 0.200. The van der Waals surface area contributed by atoms with E-state index in [1.165, 1.54) is 11.3 Å². The van der Waals surface area contributed by atoms with Crippen molar-refractivity contribution in [3.05, 3.63) is 50.8 Å². The first-order valence-electron chi connectivity index (χ1n) is 7.02. The number of fused-ring (bicyclic) bond motifs is 1. The largest absolute Gasteiger partial charge is 0.360 e. The molecule has 2 aromatic heterocycles. The highest BCUT2D eigenvalue weighted by Crippen LogP contribution is 2.22. The van der Waals surface area contributed by atoms with Gasteiger partial charge in [-0.05, 0) is 6.07 Å². The number of amides is 1. The summed E-state index contributed by atoms with van der Waals surface area (Å²) in [5.74, 6) is -2.43. The van der Waals surface area contributed by atoms with Gasteiger partial charge in [0.15, 0.2) is 0 Å². The molecule has 0 bridgehead atoms. The number of H-pyrrole nitrogens is 1. The van der Waals surface area contributed by atoms with E-state index < -0.39 is 23.0 Å². The van der Waals surface area contributed by atoms with E-state index in [1.54, 1.807) is 0 Å². The third-order valence-electron chi connectivity index (χ3n) is 3.30. The second kappa shape index (κ2) is 6.08. The number of benzene rings is 1. The van der Waals surface area contributed by atoms with Crippen LogP contribution < -0.4 is 10.7 Å². The molecule has 6 nitrogen and oxygen atoms in total. The Kier molecular flexibility index (Phi) is 4.10. The second-order valence-corrected chi connectivity index (χ2v) is 6.41. The summed E-state index contributed by atoms with van der Waals surface area (Å²) in [6, 6.07) is 1.58. The maximum Gasteiger partial charge on any atom is 0.262 e. The van der Waals surface area contributed by atoms with Crippen molar-refractivity contribution in [2.45, 2.75) is 19.8 Å². The first kappa shape index (κ1) is 16.2. The highest BCUT2D eigenvalue weighted by molar-refractivity contribution is 7.15. The molecule has 0 radical (unpaired) electrons. The molecule has 9 heteroatoms. The summed E-state index contributed by atoms with van der Waals surface area (Å²) in [4.78, 5) is 27.1. The van der Waals surface area contributed by atoms with E-state index in [9.17, 15) is 18.4 Å². The smallest absolute Gasteiger partial charge is 0.262 e. The highest BCUT2D eigenvalue weighted by Gasteiger charge is 2.18. The molecule has 3 aromatic rings. The van der Waals surface area contributed by atoms with Gasteiger partial charge in [-0.2, -0.15) is 0 Å². The predicted octanol–water partition coefficient (Wildman–Crippen LogP) is 3.03. The van der Waals surface area contributed by atoms with Crippen molar-refractivity contribution >= 4 is 33.3 Å². The van der Waals surface area contributed by atoms with E-state index in [2.05, 4.69) is 20.5 Å². The number of pyridine rings is 1. The minimum Gasteiger partial charge on any atom is -0.360 e. The zero-order valence-electron chi connectivity index (χ0n) is 12.7. The molecule has 1 amide bonds. The summed E-state index contributed by atoms with van der Waals surface area (Å²) in [7, 11) is 0. The minimum atomic E-state index is -1.03. The van der Waals surface area contributed by atoms with Crippen molar-refractivity contribution in [3.63, 3.8) is 0 Å². The number of nitrogens with zero attached hydrogens (tertiary/aromatic N) is 2. The minimum absolute atomic E-state index is 0.0212. The molecule has 0 saturated carbocycles. The zero-order valence-corrected chi connectivity index (χ0v) is 13.5. The summed E-state index contributed by atoms with van der Waals surface area (Å²) in [5, 5.41) is 10.8. The van der Waals surface area contributed by atoms with Gasteiger partial charge in [-0.3, -0.25) is 14.9 Å². The molecule has 0 aliphatic heterocycles. The molecule has 0 spiro atoms. The summed E-state index contributed by atoms with van der Waals surface area (Å²) in [6.45, 7) is 3.87. The van der Waals surface area contributed by atoms with Crippen LogP contribution in [0.3, 0.4) is 0 Å². The van der Waals surface area contributed by atoms with Gasteiger partial charge in [0.25, 0.3) is 5.91 Å². The molecule has 0 aliphatic carbocycles. The van der Waals surface area contributed by atoms with Crippen LogP contribution in [0.4, 0.5) is 13.9 Å². The molecular formula is C15H12F2N4O2S. The van der Waals surface area contributed by atoms with E-state index in [1.807, 2.05) is 13.8 Å². The van der Waals surface area contributed by atoms with Crippen LogP contribution in [0.5, 0.6) is 0 Å². The van der Waals surface area contributed by atoms with Gasteiger partial charge in [-0.1, -0.05) is 25.2 Å². The number of aromatic amines is 1. The van der Waals surface area contributed by atoms with Crippen LogP contribution in [0.1, 0.15) is 35.1 Å². The Labute approximate surface area is 138 Å². The fourth-order valence-electron chi connectivity index (χ4n) is 2.12. The summed E-state index contributed by atoms with van der Waals surface area (Å²) in [5.41, 5.74) is -1.14. The van der Waals surface area contributed by atoms with Crippen LogP contribution in [0, 0.1) is 11.6 Å². The van der Waals surface area contributed by atoms with Crippen molar-refractivity contribution in [2.75, 3.05) is 5.32 Å². The Morgan fingerprint density at radius 2 is 2.04 bits per heavy atom. The molecule has 124 valence electrons. The maximum atomic E-state index is 13.9. The molecule has 24 heavy (non-hydrogen) atoms. The number of hydrogen-bond acceptors (Lipinski definition) is 5. The Morgan fingerprint density at radius 1 is 1.29 bits per heavy atom. The quantitative estimate of drug-likeness (QED) is 0.760. The number of carbonyl (C=O) groups is 1. The Balaban J connectivity index is 1.98. The van der Waals surface area contributed by atoms with Crippen molar-refractivity contribution in [3.8, 4) is 0 Å². The van der Waals surface area contributed by atoms with Crippen LogP contribution in [-0.2, 0) is 0 Å². The summed E-state index contributed by atoms with van der Waals surface area (Å²) >= 11 is 1.19. The van der Waals surface area contributed by atoms with Gasteiger partial charge in [-0.15, -0.1) is 10.2 Å². The van der Waals surface area contributed by atoms with Gasteiger partial charge in [0.1, 0.15) is 22.2 Å². The Morgan fingerprint density at radius 3 is 2.71 bits per heavy atom. The normalized spacial score (nSPS) is 11.2. The summed E-state index contributed by atoms with van der Waals surface area (Å²) in [6.07, 6.45) is 1.11. The van der Waals surface area contributed by atoms with Gasteiger partial charge in [0.2, 0.25) is 10.6 Å². The Hall–Kier alpha value is -2.68. The third-order valence-corrected chi connectivity index (χ3v) is 4.44. The first-order chi connectivity index (χ1) is 11.4. The lowest BCUT2D eigenvalue weighted by atomic mass is 10.1. The molecule has 2 heterocycles. The molecule has 0 saturated heterocycles. The first-order valence-corrected chi connectivity index (χ1v) is 7.83. The molecule has 2 N–H and O–H groups in total. The van der Waals surface area contributed by atoms with Crippen LogP contribution >= 0.6 is 11.3 Å². The van der Waals surface area contributed by atoms with Crippen molar-refractivity contribution in [1.29, 1.82) is 0 Å². The number of rotatable bonds is 3. The molecular weight excluding hydrogens is 338 g/mol. The number of halogens is 2. The molecule has 3 rings (SSSR count). The number of aromatic nitrogens is 3. The lowest BCUT2D eigenvalue weighted by Gasteiger charge is -2.04. The number of hydrogen-bond donors (Lipinski definition) is 2. The molecule has 0 atom stereocenters. The highest BCUT2D eigenvalue weighted by atomic mass is 32.1. The van der Waals surface area contributed by atoms with Crippen LogP contribution in [-0.4, -0.2) is 21.1 Å². The van der Waals surface area contributed by atoms with E-state index in [0.29, 0.717) is 6.07 Å². The number of anilines is 1. The van der Waals surface area contributed by atoms with Gasteiger partial charge < -0.3 is 4.98 Å². The molecule has 0 fully saturated rings. The lowest BCUT2D eigenvalue weighted by molar-refractivity contribution is 0.102. The lowest BCUT2D eigenvalue weighted by Crippen LogP contribution is -2.22. The van der Waals surface area contributed by atoms with Gasteiger partial charge >= 0.3 is 0 Å². The number of carbonyl (C=O) groups excluding carboxylic acids is 1. The van der Waals surface area contributed by atoms with Crippen molar-refractivity contribution < 1.29 is 13.6 Å². The SMILES string of the molecule is CC(C)c1nnc(NC(=O)c2c[nH]c3cc(F)cc(F)c3c2=O)s1. The van der Waals surface area contributed by atoms with Gasteiger partial charge in [0.05, 0.1) is 10.9 Å². The van der Waals surface area contributed by atoms with E-state index in [4.69, 9.17) is 0 Å². The van der Waals surface area contributed by atoms with Crippen LogP contribution in [0.2, 0.25) is 0 Å². The number of nitrogens with one attached hydrogen (secondary N) is 2. The van der Waals surface area contributed by atoms with Crippen molar-refractivity contribution in [1.82, 2.24) is 15.2 Å². The van der Waals surface area contributed by atoms with Crippen LogP contribution in [0.25, 0.3) is 10.9 Å². The molecule has 0 unspecified atom stereocenters. The molecule has 0 aliphatic rings. The zero-order chi connectivity index (χ0) is 17.4. The van der Waals surface area contributed by atoms with Gasteiger partial charge in [0, 0.05) is 18.2 Å². The van der Waals surface area contributed by atoms with E-state index >= 15 is 0 Å². The Bertz CT molecular complexity index is 997. The average Bonchev–Trinajstić information content (AvgIpc) is 2.95. The molecule has 1 aromatic carbocycles. The third kappa shape index (κ3) is 2.90. The van der Waals surface area contributed by atoms with E-state index in [-0.39, 0.29) is 27.5 Å².